The Morgan fingerprint density at radius 2 is 1.31 bits per heavy atom. The van der Waals surface area contributed by atoms with Crippen molar-refractivity contribution in [3.63, 3.8) is 0 Å². The number of hydrogen-bond acceptors (Lipinski definition) is 2. The van der Waals surface area contributed by atoms with E-state index < -0.39 is 0 Å². The summed E-state index contributed by atoms with van der Waals surface area (Å²) in [7, 11) is 1.77. The van der Waals surface area contributed by atoms with Crippen molar-refractivity contribution in [1.29, 1.82) is 0 Å². The molecule has 0 saturated heterocycles. The predicted octanol–water partition coefficient (Wildman–Crippen LogP) is 7.76. The molecule has 2 heteroatoms. The van der Waals surface area contributed by atoms with Gasteiger partial charge < -0.3 is 9.47 Å². The first kappa shape index (κ1) is 22.7. The lowest BCUT2D eigenvalue weighted by atomic mass is 9.68. The third-order valence-electron chi connectivity index (χ3n) is 7.77. The zero-order valence-electron chi connectivity index (χ0n) is 19.0. The van der Waals surface area contributed by atoms with Gasteiger partial charge in [0.25, 0.3) is 0 Å². The lowest BCUT2D eigenvalue weighted by molar-refractivity contribution is 0.158. The van der Waals surface area contributed by atoms with Crippen molar-refractivity contribution in [2.45, 2.75) is 96.3 Å². The third-order valence-corrected chi connectivity index (χ3v) is 7.77. The smallest absolute Gasteiger partial charge is 0.119 e. The molecule has 0 amide bonds. The molecule has 29 heavy (non-hydrogen) atoms. The van der Waals surface area contributed by atoms with E-state index in [9.17, 15) is 0 Å². The molecule has 0 bridgehead atoms. The van der Waals surface area contributed by atoms with Gasteiger partial charge in [0, 0.05) is 13.7 Å². The quantitative estimate of drug-likeness (QED) is 0.353. The summed E-state index contributed by atoms with van der Waals surface area (Å²) in [6, 6.07) is 9.04. The molecule has 2 aliphatic rings. The zero-order valence-corrected chi connectivity index (χ0v) is 19.0. The Hall–Kier alpha value is -1.02. The SMILES string of the molecule is CCC1CCC(C2CCC(c3ccc(OCCCCCCOC)cc3)CC2)CC1. The molecular formula is C27H44O2. The average molecular weight is 401 g/mol. The van der Waals surface area contributed by atoms with Crippen molar-refractivity contribution in [2.75, 3.05) is 20.3 Å². The summed E-state index contributed by atoms with van der Waals surface area (Å²) in [5.74, 6) is 4.87. The minimum atomic E-state index is 0.771. The molecule has 0 unspecified atom stereocenters. The molecule has 0 aromatic heterocycles. The molecule has 0 heterocycles. The molecule has 0 atom stereocenters. The highest BCUT2D eigenvalue weighted by atomic mass is 16.5. The van der Waals surface area contributed by atoms with E-state index in [0.29, 0.717) is 0 Å². The number of benzene rings is 1. The minimum absolute atomic E-state index is 0.771. The van der Waals surface area contributed by atoms with Crippen LogP contribution >= 0.6 is 0 Å². The van der Waals surface area contributed by atoms with Gasteiger partial charge in [-0.1, -0.05) is 44.7 Å². The monoisotopic (exact) mass is 400 g/mol. The van der Waals surface area contributed by atoms with Crippen LogP contribution in [-0.4, -0.2) is 20.3 Å². The fourth-order valence-corrected chi connectivity index (χ4v) is 5.72. The number of rotatable bonds is 11. The second kappa shape index (κ2) is 12.6. The van der Waals surface area contributed by atoms with Crippen LogP contribution in [0.15, 0.2) is 24.3 Å². The van der Waals surface area contributed by atoms with E-state index in [-0.39, 0.29) is 0 Å². The first-order valence-corrected chi connectivity index (χ1v) is 12.5. The summed E-state index contributed by atoms with van der Waals surface area (Å²) in [6.07, 6.45) is 17.8. The van der Waals surface area contributed by atoms with Gasteiger partial charge in [-0.15, -0.1) is 0 Å². The topological polar surface area (TPSA) is 18.5 Å². The summed E-state index contributed by atoms with van der Waals surface area (Å²) in [6.45, 7) is 4.08. The number of unbranched alkanes of at least 4 members (excludes halogenated alkanes) is 3. The van der Waals surface area contributed by atoms with E-state index in [1.54, 1.807) is 7.11 Å². The molecule has 1 aromatic carbocycles. The molecule has 164 valence electrons. The average Bonchev–Trinajstić information content (AvgIpc) is 2.79. The van der Waals surface area contributed by atoms with Crippen LogP contribution in [0.3, 0.4) is 0 Å². The van der Waals surface area contributed by atoms with Gasteiger partial charge in [0.1, 0.15) is 5.75 Å². The van der Waals surface area contributed by atoms with Gasteiger partial charge in [-0.3, -0.25) is 0 Å². The first-order valence-electron chi connectivity index (χ1n) is 12.5. The molecule has 2 aliphatic carbocycles. The highest BCUT2D eigenvalue weighted by Crippen LogP contribution is 2.44. The largest absolute Gasteiger partial charge is 0.494 e. The summed E-state index contributed by atoms with van der Waals surface area (Å²) in [4.78, 5) is 0. The Morgan fingerprint density at radius 3 is 1.90 bits per heavy atom. The van der Waals surface area contributed by atoms with E-state index in [4.69, 9.17) is 9.47 Å². The van der Waals surface area contributed by atoms with Crippen molar-refractivity contribution in [2.24, 2.45) is 17.8 Å². The highest BCUT2D eigenvalue weighted by Gasteiger charge is 2.30. The molecule has 0 spiro atoms. The van der Waals surface area contributed by atoms with Crippen LogP contribution in [0.25, 0.3) is 0 Å². The van der Waals surface area contributed by atoms with E-state index >= 15 is 0 Å². The standard InChI is InChI=1S/C27H44O2/c1-3-22-8-10-23(11-9-22)24-12-14-25(15-13-24)26-16-18-27(19-17-26)29-21-7-5-4-6-20-28-2/h16-19,22-25H,3-15,20-21H2,1-2H3. The van der Waals surface area contributed by atoms with Crippen molar-refractivity contribution in [3.05, 3.63) is 29.8 Å². The van der Waals surface area contributed by atoms with Gasteiger partial charge in [-0.2, -0.15) is 0 Å². The van der Waals surface area contributed by atoms with Crippen LogP contribution in [-0.2, 0) is 4.74 Å². The van der Waals surface area contributed by atoms with Crippen LogP contribution in [0.2, 0.25) is 0 Å². The Bertz CT molecular complexity index is 536. The molecular weight excluding hydrogens is 356 g/mol. The van der Waals surface area contributed by atoms with Crippen LogP contribution in [0.4, 0.5) is 0 Å². The lowest BCUT2D eigenvalue weighted by Gasteiger charge is -2.38. The van der Waals surface area contributed by atoms with Crippen molar-refractivity contribution in [1.82, 2.24) is 0 Å². The van der Waals surface area contributed by atoms with E-state index in [1.165, 1.54) is 76.2 Å². The first-order chi connectivity index (χ1) is 14.3. The second-order valence-corrected chi connectivity index (χ2v) is 9.63. The maximum Gasteiger partial charge on any atom is 0.119 e. The van der Waals surface area contributed by atoms with Gasteiger partial charge in [0.15, 0.2) is 0 Å². The van der Waals surface area contributed by atoms with E-state index in [0.717, 1.165) is 55.5 Å². The van der Waals surface area contributed by atoms with Gasteiger partial charge in [0.05, 0.1) is 6.61 Å². The van der Waals surface area contributed by atoms with Crippen LogP contribution in [0.1, 0.15) is 102 Å². The highest BCUT2D eigenvalue weighted by molar-refractivity contribution is 5.29. The van der Waals surface area contributed by atoms with Gasteiger partial charge in [0.2, 0.25) is 0 Å². The summed E-state index contributed by atoms with van der Waals surface area (Å²) >= 11 is 0. The second-order valence-electron chi connectivity index (χ2n) is 9.63. The Balaban J connectivity index is 1.33. The van der Waals surface area contributed by atoms with E-state index in [2.05, 4.69) is 31.2 Å². The number of methoxy groups -OCH3 is 1. The van der Waals surface area contributed by atoms with Crippen molar-refractivity contribution >= 4 is 0 Å². The molecule has 2 fully saturated rings. The number of ether oxygens (including phenoxy) is 2. The minimum Gasteiger partial charge on any atom is -0.494 e. The molecule has 3 rings (SSSR count). The Labute approximate surface area is 179 Å². The zero-order chi connectivity index (χ0) is 20.3. The molecule has 2 nitrogen and oxygen atoms in total. The van der Waals surface area contributed by atoms with Crippen molar-refractivity contribution < 1.29 is 9.47 Å². The lowest BCUT2D eigenvalue weighted by Crippen LogP contribution is -2.25. The molecule has 0 N–H and O–H groups in total. The van der Waals surface area contributed by atoms with Crippen LogP contribution in [0.5, 0.6) is 5.75 Å². The molecule has 0 aliphatic heterocycles. The van der Waals surface area contributed by atoms with Crippen molar-refractivity contribution in [3.8, 4) is 5.75 Å². The number of hydrogen-bond donors (Lipinski definition) is 0. The fraction of sp³-hybridized carbons (Fsp3) is 0.778. The fourth-order valence-electron chi connectivity index (χ4n) is 5.72. The summed E-state index contributed by atoms with van der Waals surface area (Å²) < 4.78 is 11.0. The van der Waals surface area contributed by atoms with Crippen LogP contribution in [0, 0.1) is 17.8 Å². The summed E-state index contributed by atoms with van der Waals surface area (Å²) in [5.41, 5.74) is 1.53. The van der Waals surface area contributed by atoms with Gasteiger partial charge in [-0.05, 0) is 99.2 Å². The normalized spacial score (nSPS) is 27.7. The predicted molar refractivity (Wildman–Crippen MR) is 123 cm³/mol. The molecule has 1 aromatic rings. The summed E-state index contributed by atoms with van der Waals surface area (Å²) in [5, 5.41) is 0. The maximum absolute atomic E-state index is 5.94. The molecule has 0 radical (unpaired) electrons. The van der Waals surface area contributed by atoms with Gasteiger partial charge in [-0.25, -0.2) is 0 Å². The Morgan fingerprint density at radius 1 is 0.724 bits per heavy atom. The molecule has 2 saturated carbocycles. The van der Waals surface area contributed by atoms with E-state index in [1.807, 2.05) is 0 Å². The van der Waals surface area contributed by atoms with Gasteiger partial charge >= 0.3 is 0 Å². The Kier molecular flexibility index (Phi) is 9.86. The van der Waals surface area contributed by atoms with Crippen LogP contribution < -0.4 is 4.74 Å². The third kappa shape index (κ3) is 7.31. The maximum atomic E-state index is 5.94.